The van der Waals surface area contributed by atoms with Gasteiger partial charge in [0.05, 0.1) is 22.4 Å². The molecule has 2 aliphatic rings. The van der Waals surface area contributed by atoms with E-state index in [1.54, 1.807) is 15.5 Å². The van der Waals surface area contributed by atoms with E-state index in [0.717, 1.165) is 25.4 Å². The molecule has 224 valence electrons. The van der Waals surface area contributed by atoms with Gasteiger partial charge in [0.25, 0.3) is 5.91 Å². The molecule has 2 saturated heterocycles. The number of aryl methyl sites for hydroxylation is 1. The number of hydrogen-bond donors (Lipinski definition) is 3. The molecule has 2 aliphatic heterocycles. The van der Waals surface area contributed by atoms with Crippen LogP contribution in [0, 0.1) is 11.6 Å². The number of fused-ring (bicyclic) bond motifs is 2. The first-order valence-corrected chi connectivity index (χ1v) is 14.1. The van der Waals surface area contributed by atoms with Gasteiger partial charge in [-0.2, -0.15) is 0 Å². The SMILES string of the molecule is CCn1cc(C(=O)N2CCN(c3cc4[nH]cc(C(=O)O)c(=O)c4cc3F)CC2)c(=O)c2cc(F)c(N3CCNCC3)cc21. The lowest BCUT2D eigenvalue weighted by Crippen LogP contribution is -2.50. The number of rotatable bonds is 5. The van der Waals surface area contributed by atoms with Crippen molar-refractivity contribution in [3.8, 4) is 0 Å². The number of carbonyl (C=O) groups is 2. The summed E-state index contributed by atoms with van der Waals surface area (Å²) in [6.45, 7) is 6.03. The summed E-state index contributed by atoms with van der Waals surface area (Å²) in [6, 6.07) is 5.37. The van der Waals surface area contributed by atoms with Crippen LogP contribution in [0.4, 0.5) is 20.2 Å². The molecule has 2 aromatic carbocycles. The maximum absolute atomic E-state index is 15.2. The van der Waals surface area contributed by atoms with Gasteiger partial charge in [-0.15, -0.1) is 0 Å². The van der Waals surface area contributed by atoms with Crippen molar-refractivity contribution in [1.82, 2.24) is 19.8 Å². The Morgan fingerprint density at radius 1 is 0.837 bits per heavy atom. The molecule has 0 saturated carbocycles. The number of piperazine rings is 2. The Balaban J connectivity index is 1.25. The number of pyridine rings is 2. The van der Waals surface area contributed by atoms with Crippen molar-refractivity contribution in [1.29, 1.82) is 0 Å². The van der Waals surface area contributed by atoms with Crippen LogP contribution in [-0.2, 0) is 6.54 Å². The average Bonchev–Trinajstić information content (AvgIpc) is 3.01. The zero-order valence-electron chi connectivity index (χ0n) is 23.5. The van der Waals surface area contributed by atoms with Gasteiger partial charge in [0, 0.05) is 82.1 Å². The number of nitrogens with one attached hydrogen (secondary N) is 2. The molecule has 0 atom stereocenters. The summed E-state index contributed by atoms with van der Waals surface area (Å²) in [6.07, 6.45) is 2.61. The minimum absolute atomic E-state index is 0.0548. The van der Waals surface area contributed by atoms with Crippen LogP contribution in [-0.4, -0.2) is 83.8 Å². The number of halogens is 2. The predicted molar refractivity (Wildman–Crippen MR) is 159 cm³/mol. The number of aromatic amines is 1. The number of benzene rings is 2. The maximum atomic E-state index is 15.2. The first-order valence-electron chi connectivity index (χ1n) is 14.1. The number of aromatic carboxylic acids is 1. The summed E-state index contributed by atoms with van der Waals surface area (Å²) >= 11 is 0. The molecule has 2 aromatic heterocycles. The fourth-order valence-electron chi connectivity index (χ4n) is 5.91. The van der Waals surface area contributed by atoms with E-state index in [9.17, 15) is 24.3 Å². The zero-order valence-corrected chi connectivity index (χ0v) is 23.5. The maximum Gasteiger partial charge on any atom is 0.341 e. The van der Waals surface area contributed by atoms with E-state index in [4.69, 9.17) is 0 Å². The van der Waals surface area contributed by atoms with Gasteiger partial charge in [-0.25, -0.2) is 13.6 Å². The van der Waals surface area contributed by atoms with Crippen molar-refractivity contribution >= 4 is 45.1 Å². The second-order valence-corrected chi connectivity index (χ2v) is 10.7. The zero-order chi connectivity index (χ0) is 30.4. The number of H-pyrrole nitrogens is 1. The van der Waals surface area contributed by atoms with Gasteiger partial charge in [-0.1, -0.05) is 0 Å². The third-order valence-electron chi connectivity index (χ3n) is 8.26. The molecule has 1 amide bonds. The minimum atomic E-state index is -1.41. The number of carbonyl (C=O) groups excluding carboxylic acids is 1. The summed E-state index contributed by atoms with van der Waals surface area (Å²) < 4.78 is 32.1. The number of amides is 1. The second kappa shape index (κ2) is 11.1. The Morgan fingerprint density at radius 2 is 1.44 bits per heavy atom. The van der Waals surface area contributed by atoms with E-state index in [2.05, 4.69) is 10.3 Å². The van der Waals surface area contributed by atoms with Crippen molar-refractivity contribution in [2.24, 2.45) is 0 Å². The molecule has 43 heavy (non-hydrogen) atoms. The Morgan fingerprint density at radius 3 is 2.09 bits per heavy atom. The van der Waals surface area contributed by atoms with Crippen molar-refractivity contribution in [2.75, 3.05) is 62.2 Å². The van der Waals surface area contributed by atoms with E-state index >= 15 is 8.78 Å². The average molecular weight is 593 g/mol. The van der Waals surface area contributed by atoms with Crippen LogP contribution in [0.2, 0.25) is 0 Å². The number of anilines is 2. The van der Waals surface area contributed by atoms with Gasteiger partial charge < -0.3 is 34.7 Å². The molecule has 3 N–H and O–H groups in total. The highest BCUT2D eigenvalue weighted by atomic mass is 19.1. The number of nitrogens with zero attached hydrogens (tertiary/aromatic N) is 4. The van der Waals surface area contributed by atoms with E-state index in [0.29, 0.717) is 30.8 Å². The third kappa shape index (κ3) is 4.99. The highest BCUT2D eigenvalue weighted by Crippen LogP contribution is 2.27. The Bertz CT molecular complexity index is 1890. The van der Waals surface area contributed by atoms with Gasteiger partial charge >= 0.3 is 5.97 Å². The van der Waals surface area contributed by atoms with Crippen molar-refractivity contribution < 1.29 is 23.5 Å². The largest absolute Gasteiger partial charge is 0.477 e. The Kier molecular flexibility index (Phi) is 7.34. The van der Waals surface area contributed by atoms with Crippen LogP contribution in [0.15, 0.2) is 46.2 Å². The number of carboxylic acid groups (broad SMARTS) is 1. The molecule has 0 unspecified atom stereocenters. The van der Waals surface area contributed by atoms with Gasteiger partial charge in [0.15, 0.2) is 0 Å². The first kappa shape index (κ1) is 28.3. The summed E-state index contributed by atoms with van der Waals surface area (Å²) in [5.74, 6) is -3.09. The normalized spacial score (nSPS) is 15.8. The highest BCUT2D eigenvalue weighted by Gasteiger charge is 2.28. The van der Waals surface area contributed by atoms with Crippen LogP contribution >= 0.6 is 0 Å². The van der Waals surface area contributed by atoms with Gasteiger partial charge in [0.1, 0.15) is 22.8 Å². The molecule has 2 fully saturated rings. The summed E-state index contributed by atoms with van der Waals surface area (Å²) in [7, 11) is 0. The van der Waals surface area contributed by atoms with E-state index in [1.807, 2.05) is 11.8 Å². The molecule has 0 spiro atoms. The van der Waals surface area contributed by atoms with Crippen molar-refractivity contribution in [3.63, 3.8) is 0 Å². The van der Waals surface area contributed by atoms with Crippen LogP contribution in [0.5, 0.6) is 0 Å². The molecule has 4 aromatic rings. The lowest BCUT2D eigenvalue weighted by atomic mass is 10.1. The first-order chi connectivity index (χ1) is 20.7. The highest BCUT2D eigenvalue weighted by molar-refractivity contribution is 5.98. The second-order valence-electron chi connectivity index (χ2n) is 10.7. The molecule has 0 radical (unpaired) electrons. The summed E-state index contributed by atoms with van der Waals surface area (Å²) in [5.41, 5.74) is -0.381. The van der Waals surface area contributed by atoms with Gasteiger partial charge in [0.2, 0.25) is 10.9 Å². The molecule has 11 nitrogen and oxygen atoms in total. The Labute approximate surface area is 243 Å². The summed E-state index contributed by atoms with van der Waals surface area (Å²) in [4.78, 5) is 58.7. The molecule has 0 aliphatic carbocycles. The van der Waals surface area contributed by atoms with Crippen molar-refractivity contribution in [2.45, 2.75) is 13.5 Å². The summed E-state index contributed by atoms with van der Waals surface area (Å²) in [5, 5.41) is 12.5. The lowest BCUT2D eigenvalue weighted by molar-refractivity contribution is 0.0693. The fraction of sp³-hybridized carbons (Fsp3) is 0.333. The third-order valence-corrected chi connectivity index (χ3v) is 8.26. The smallest absolute Gasteiger partial charge is 0.341 e. The lowest BCUT2D eigenvalue weighted by Gasteiger charge is -2.36. The molecule has 6 rings (SSSR count). The molecule has 0 bridgehead atoms. The monoisotopic (exact) mass is 592 g/mol. The standard InChI is InChI=1S/C30H30F2N6O5/c1-2-35-16-20(28(40)18-12-22(32)26(14-24(18)35)36-5-3-33-4-6-36)29(41)38-9-7-37(8-10-38)25-13-23-17(11-21(25)31)27(39)19(15-34-23)30(42)43/h11-16,33H,2-10H2,1H3,(H,34,39)(H,42,43). The quantitative estimate of drug-likeness (QED) is 0.322. The molecular formula is C30H30F2N6O5. The van der Waals surface area contributed by atoms with Crippen LogP contribution in [0.3, 0.4) is 0 Å². The number of hydrogen-bond acceptors (Lipinski definition) is 7. The Hall–Kier alpha value is -4.78. The molecular weight excluding hydrogens is 562 g/mol. The van der Waals surface area contributed by atoms with Crippen molar-refractivity contribution in [3.05, 3.63) is 79.9 Å². The van der Waals surface area contributed by atoms with Gasteiger partial charge in [-0.05, 0) is 31.2 Å². The molecule has 4 heterocycles. The van der Waals surface area contributed by atoms with E-state index in [1.165, 1.54) is 23.2 Å². The van der Waals surface area contributed by atoms with E-state index in [-0.39, 0.29) is 53.7 Å². The topological polar surface area (TPSA) is 131 Å². The fourth-order valence-corrected chi connectivity index (χ4v) is 5.91. The van der Waals surface area contributed by atoms with Crippen LogP contribution in [0.1, 0.15) is 27.6 Å². The van der Waals surface area contributed by atoms with Crippen LogP contribution < -0.4 is 26.0 Å². The number of aromatic nitrogens is 2. The minimum Gasteiger partial charge on any atom is -0.477 e. The van der Waals surface area contributed by atoms with Gasteiger partial charge in [-0.3, -0.25) is 14.4 Å². The predicted octanol–water partition coefficient (Wildman–Crippen LogP) is 2.21. The van der Waals surface area contributed by atoms with E-state index < -0.39 is 39.9 Å². The number of carboxylic acids is 1. The molecule has 13 heteroatoms. The van der Waals surface area contributed by atoms with Crippen LogP contribution in [0.25, 0.3) is 21.8 Å².